The summed E-state index contributed by atoms with van der Waals surface area (Å²) in [6, 6.07) is 4.09. The average Bonchev–Trinajstić information content (AvgIpc) is 2.67. The van der Waals surface area contributed by atoms with Crippen molar-refractivity contribution in [3.63, 3.8) is 0 Å². The van der Waals surface area contributed by atoms with Crippen LogP contribution < -0.4 is 4.90 Å². The highest BCUT2D eigenvalue weighted by molar-refractivity contribution is 6.18. The highest BCUT2D eigenvalue weighted by Crippen LogP contribution is 2.24. The lowest BCUT2D eigenvalue weighted by Gasteiger charge is -2.18. The van der Waals surface area contributed by atoms with Gasteiger partial charge >= 0.3 is 0 Å². The van der Waals surface area contributed by atoms with Gasteiger partial charge in [0.1, 0.15) is 5.82 Å². The number of hydrogen-bond donors (Lipinski definition) is 0. The summed E-state index contributed by atoms with van der Waals surface area (Å²) in [4.78, 5) is 6.75. The van der Waals surface area contributed by atoms with Crippen LogP contribution in [0, 0.1) is 12.8 Å². The Morgan fingerprint density at radius 1 is 1.64 bits per heavy atom. The van der Waals surface area contributed by atoms with E-state index in [1.54, 1.807) is 0 Å². The first-order valence-corrected chi connectivity index (χ1v) is 5.57. The minimum atomic E-state index is 0.637. The van der Waals surface area contributed by atoms with Crippen LogP contribution in [-0.2, 0) is 0 Å². The van der Waals surface area contributed by atoms with Crippen molar-refractivity contribution in [2.75, 3.05) is 23.9 Å². The third-order valence-corrected chi connectivity index (χ3v) is 3.22. The molecule has 1 atom stereocenters. The van der Waals surface area contributed by atoms with Crippen LogP contribution in [0.15, 0.2) is 18.3 Å². The van der Waals surface area contributed by atoms with Crippen molar-refractivity contribution in [3.8, 4) is 0 Å². The predicted octanol–water partition coefficient (Wildman–Crippen LogP) is 2.46. The molecule has 0 bridgehead atoms. The Morgan fingerprint density at radius 3 is 3.14 bits per heavy atom. The summed E-state index contributed by atoms with van der Waals surface area (Å²) in [5, 5.41) is 0. The molecule has 0 amide bonds. The number of rotatable bonds is 2. The Kier molecular flexibility index (Phi) is 2.92. The molecule has 1 aromatic rings. The van der Waals surface area contributed by atoms with Gasteiger partial charge in [0, 0.05) is 25.2 Å². The summed E-state index contributed by atoms with van der Waals surface area (Å²) in [5.41, 5.74) is 1.25. The highest BCUT2D eigenvalue weighted by Gasteiger charge is 2.23. The van der Waals surface area contributed by atoms with Crippen LogP contribution in [0.3, 0.4) is 0 Å². The summed E-state index contributed by atoms with van der Waals surface area (Å²) >= 11 is 5.85. The smallest absolute Gasteiger partial charge is 0.131 e. The molecule has 76 valence electrons. The second kappa shape index (κ2) is 4.18. The van der Waals surface area contributed by atoms with Gasteiger partial charge in [-0.1, -0.05) is 6.07 Å². The molecule has 3 heteroatoms. The summed E-state index contributed by atoms with van der Waals surface area (Å²) in [7, 11) is 0. The maximum Gasteiger partial charge on any atom is 0.131 e. The molecule has 0 radical (unpaired) electrons. The zero-order valence-corrected chi connectivity index (χ0v) is 9.17. The van der Waals surface area contributed by atoms with Crippen molar-refractivity contribution >= 4 is 17.4 Å². The minimum absolute atomic E-state index is 0.637. The number of aromatic nitrogens is 1. The Labute approximate surface area is 89.9 Å². The molecule has 2 heterocycles. The average molecular weight is 211 g/mol. The third-order valence-electron chi connectivity index (χ3n) is 2.79. The summed E-state index contributed by atoms with van der Waals surface area (Å²) in [5.74, 6) is 2.53. The number of anilines is 1. The lowest BCUT2D eigenvalue weighted by Crippen LogP contribution is -2.21. The zero-order valence-electron chi connectivity index (χ0n) is 8.41. The fourth-order valence-electron chi connectivity index (χ4n) is 1.96. The standard InChI is InChI=1S/C11H15ClN2/c1-9-3-2-5-13-11(9)14-6-4-10(7-12)8-14/h2-3,5,10H,4,6-8H2,1H3. The van der Waals surface area contributed by atoms with Crippen LogP contribution >= 0.6 is 11.6 Å². The molecular weight excluding hydrogens is 196 g/mol. The van der Waals surface area contributed by atoms with Gasteiger partial charge in [-0.05, 0) is 30.9 Å². The number of alkyl halides is 1. The quantitative estimate of drug-likeness (QED) is 0.698. The molecule has 1 aliphatic rings. The topological polar surface area (TPSA) is 16.1 Å². The molecule has 14 heavy (non-hydrogen) atoms. The third kappa shape index (κ3) is 1.85. The molecule has 1 fully saturated rings. The van der Waals surface area contributed by atoms with Crippen LogP contribution in [0.4, 0.5) is 5.82 Å². The maximum atomic E-state index is 5.85. The van der Waals surface area contributed by atoms with E-state index in [2.05, 4.69) is 22.9 Å². The molecule has 0 aliphatic carbocycles. The van der Waals surface area contributed by atoms with Crippen molar-refractivity contribution in [1.82, 2.24) is 4.98 Å². The molecule has 2 nitrogen and oxygen atoms in total. The molecule has 1 aliphatic heterocycles. The van der Waals surface area contributed by atoms with Crippen LogP contribution in [0.5, 0.6) is 0 Å². The predicted molar refractivity (Wildman–Crippen MR) is 60.0 cm³/mol. The van der Waals surface area contributed by atoms with E-state index < -0.39 is 0 Å². The normalized spacial score (nSPS) is 21.6. The van der Waals surface area contributed by atoms with Gasteiger partial charge in [-0.25, -0.2) is 4.98 Å². The largest absolute Gasteiger partial charge is 0.356 e. The van der Waals surface area contributed by atoms with E-state index >= 15 is 0 Å². The molecule has 0 spiro atoms. The van der Waals surface area contributed by atoms with Gasteiger partial charge in [-0.2, -0.15) is 0 Å². The van der Waals surface area contributed by atoms with Crippen LogP contribution in [-0.4, -0.2) is 24.0 Å². The molecular formula is C11H15ClN2. The van der Waals surface area contributed by atoms with Crippen molar-refractivity contribution in [2.45, 2.75) is 13.3 Å². The van der Waals surface area contributed by atoms with Gasteiger partial charge in [0.15, 0.2) is 0 Å². The van der Waals surface area contributed by atoms with Gasteiger partial charge in [-0.3, -0.25) is 0 Å². The van der Waals surface area contributed by atoms with Gasteiger partial charge in [0.25, 0.3) is 0 Å². The monoisotopic (exact) mass is 210 g/mol. The van der Waals surface area contributed by atoms with E-state index in [0.717, 1.165) is 24.8 Å². The number of hydrogen-bond acceptors (Lipinski definition) is 2. The Balaban J connectivity index is 2.13. The number of halogens is 1. The zero-order chi connectivity index (χ0) is 9.97. The van der Waals surface area contributed by atoms with Crippen molar-refractivity contribution in [1.29, 1.82) is 0 Å². The molecule has 1 saturated heterocycles. The highest BCUT2D eigenvalue weighted by atomic mass is 35.5. The molecule has 0 saturated carbocycles. The Morgan fingerprint density at radius 2 is 2.50 bits per heavy atom. The van der Waals surface area contributed by atoms with Crippen LogP contribution in [0.25, 0.3) is 0 Å². The van der Waals surface area contributed by atoms with Crippen molar-refractivity contribution in [2.24, 2.45) is 5.92 Å². The van der Waals surface area contributed by atoms with Gasteiger partial charge < -0.3 is 4.90 Å². The minimum Gasteiger partial charge on any atom is -0.356 e. The van der Waals surface area contributed by atoms with E-state index in [4.69, 9.17) is 11.6 Å². The first-order valence-electron chi connectivity index (χ1n) is 5.04. The lowest BCUT2D eigenvalue weighted by molar-refractivity contribution is 0.666. The van der Waals surface area contributed by atoms with E-state index in [1.165, 1.54) is 12.0 Å². The van der Waals surface area contributed by atoms with Gasteiger partial charge in [0.05, 0.1) is 0 Å². The summed E-state index contributed by atoms with van der Waals surface area (Å²) in [6.45, 7) is 4.26. The number of aryl methyl sites for hydroxylation is 1. The van der Waals surface area contributed by atoms with E-state index in [-0.39, 0.29) is 0 Å². The fourth-order valence-corrected chi connectivity index (χ4v) is 2.21. The van der Waals surface area contributed by atoms with Gasteiger partial charge in [-0.15, -0.1) is 11.6 Å². The summed E-state index contributed by atoms with van der Waals surface area (Å²) < 4.78 is 0. The van der Waals surface area contributed by atoms with E-state index in [1.807, 2.05) is 12.3 Å². The second-order valence-corrected chi connectivity index (χ2v) is 4.21. The molecule has 1 unspecified atom stereocenters. The second-order valence-electron chi connectivity index (χ2n) is 3.90. The van der Waals surface area contributed by atoms with Crippen molar-refractivity contribution < 1.29 is 0 Å². The Hall–Kier alpha value is -0.760. The van der Waals surface area contributed by atoms with Gasteiger partial charge in [0.2, 0.25) is 0 Å². The molecule has 0 aromatic carbocycles. The SMILES string of the molecule is Cc1cccnc1N1CCC(CCl)C1. The van der Waals surface area contributed by atoms with Crippen molar-refractivity contribution in [3.05, 3.63) is 23.9 Å². The number of pyridine rings is 1. The maximum absolute atomic E-state index is 5.85. The van der Waals surface area contributed by atoms with E-state index in [0.29, 0.717) is 5.92 Å². The van der Waals surface area contributed by atoms with E-state index in [9.17, 15) is 0 Å². The lowest BCUT2D eigenvalue weighted by atomic mass is 10.2. The molecule has 0 N–H and O–H groups in total. The Bertz CT molecular complexity index is 314. The number of nitrogens with zero attached hydrogens (tertiary/aromatic N) is 2. The first kappa shape index (κ1) is 9.78. The van der Waals surface area contributed by atoms with Crippen LogP contribution in [0.1, 0.15) is 12.0 Å². The first-order chi connectivity index (χ1) is 6.81. The summed E-state index contributed by atoms with van der Waals surface area (Å²) in [6.07, 6.45) is 3.05. The molecule has 1 aromatic heterocycles. The van der Waals surface area contributed by atoms with Crippen LogP contribution in [0.2, 0.25) is 0 Å². The molecule has 2 rings (SSSR count). The fraction of sp³-hybridized carbons (Fsp3) is 0.545.